The number of amides is 1. The van der Waals surface area contributed by atoms with Gasteiger partial charge in [0.15, 0.2) is 5.96 Å². The number of halogens is 1. The molecule has 8 heteroatoms. The summed E-state index contributed by atoms with van der Waals surface area (Å²) in [5, 5.41) is 6.14. The van der Waals surface area contributed by atoms with Gasteiger partial charge >= 0.3 is 0 Å². The number of nitrogens with zero attached hydrogens (tertiary/aromatic N) is 3. The van der Waals surface area contributed by atoms with Gasteiger partial charge in [-0.25, -0.2) is 4.98 Å². The van der Waals surface area contributed by atoms with Crippen LogP contribution in [0.4, 0.5) is 0 Å². The van der Waals surface area contributed by atoms with Crippen LogP contribution in [0.3, 0.4) is 0 Å². The minimum atomic E-state index is 0. The number of aromatic nitrogens is 2. The highest BCUT2D eigenvalue weighted by Crippen LogP contribution is 2.16. The third-order valence-corrected chi connectivity index (χ3v) is 3.85. The largest absolute Gasteiger partial charge is 0.357 e. The van der Waals surface area contributed by atoms with E-state index in [-0.39, 0.29) is 35.9 Å². The average Bonchev–Trinajstić information content (AvgIpc) is 3.09. The van der Waals surface area contributed by atoms with Gasteiger partial charge in [0.1, 0.15) is 5.82 Å². The van der Waals surface area contributed by atoms with E-state index in [1.54, 1.807) is 0 Å². The molecule has 28 heavy (non-hydrogen) atoms. The van der Waals surface area contributed by atoms with E-state index in [1.807, 2.05) is 57.1 Å². The van der Waals surface area contributed by atoms with Gasteiger partial charge in [-0.1, -0.05) is 30.3 Å². The minimum Gasteiger partial charge on any atom is -0.357 e. The van der Waals surface area contributed by atoms with Gasteiger partial charge in [0.05, 0.1) is 25.0 Å². The van der Waals surface area contributed by atoms with Crippen LogP contribution >= 0.6 is 24.0 Å². The molecule has 1 heterocycles. The third-order valence-electron chi connectivity index (χ3n) is 3.85. The van der Waals surface area contributed by atoms with Crippen molar-refractivity contribution >= 4 is 35.8 Å². The van der Waals surface area contributed by atoms with Crippen molar-refractivity contribution in [2.24, 2.45) is 4.99 Å². The molecule has 0 radical (unpaired) electrons. The number of rotatable bonds is 8. The van der Waals surface area contributed by atoms with Gasteiger partial charge in [-0.05, 0) is 26.3 Å². The Bertz CT molecular complexity index is 744. The number of carbonyl (C=O) groups excluding carboxylic acids is 1. The van der Waals surface area contributed by atoms with Crippen LogP contribution in [0.15, 0.2) is 41.5 Å². The smallest absolute Gasteiger partial charge is 0.222 e. The fourth-order valence-electron chi connectivity index (χ4n) is 2.63. The highest BCUT2D eigenvalue weighted by Gasteiger charge is 2.10. The van der Waals surface area contributed by atoms with E-state index in [0.29, 0.717) is 19.5 Å². The van der Waals surface area contributed by atoms with Gasteiger partial charge in [-0.2, -0.15) is 0 Å². The second-order valence-corrected chi connectivity index (χ2v) is 6.67. The molecule has 0 bridgehead atoms. The Morgan fingerprint density at radius 3 is 2.64 bits per heavy atom. The predicted molar refractivity (Wildman–Crippen MR) is 125 cm³/mol. The zero-order valence-corrected chi connectivity index (χ0v) is 19.4. The van der Waals surface area contributed by atoms with E-state index < -0.39 is 0 Å². The van der Waals surface area contributed by atoms with Crippen LogP contribution in [-0.2, 0) is 11.3 Å². The number of benzene rings is 1. The molecule has 7 nitrogen and oxygen atoms in total. The summed E-state index contributed by atoms with van der Waals surface area (Å²) in [6.45, 7) is 7.72. The van der Waals surface area contributed by atoms with E-state index in [4.69, 9.17) is 0 Å². The molecule has 0 aliphatic carbocycles. The van der Waals surface area contributed by atoms with E-state index in [2.05, 4.69) is 37.7 Å². The first-order valence-electron chi connectivity index (χ1n) is 9.37. The second-order valence-electron chi connectivity index (χ2n) is 6.67. The topological polar surface area (TPSA) is 85.4 Å². The lowest BCUT2D eigenvalue weighted by molar-refractivity contribution is -0.121. The van der Waals surface area contributed by atoms with Crippen molar-refractivity contribution in [3.05, 3.63) is 42.4 Å². The Morgan fingerprint density at radius 1 is 1.29 bits per heavy atom. The standard InChI is InChI=1S/C20H30N6O.HI/c1-5-21-20(22-12-11-19(27)24-15(2)3)26(4)14-18-23-13-17(25-18)16-9-7-6-8-10-16;/h6-10,13,15H,5,11-12,14H2,1-4H3,(H,21,22)(H,23,25)(H,24,27);1H. The Hall–Kier alpha value is -2.10. The van der Waals surface area contributed by atoms with Gasteiger partial charge in [-0.3, -0.25) is 9.79 Å². The molecular formula is C20H31IN6O. The van der Waals surface area contributed by atoms with Crippen LogP contribution in [0.25, 0.3) is 11.3 Å². The minimum absolute atomic E-state index is 0. The molecule has 154 valence electrons. The van der Waals surface area contributed by atoms with E-state index in [0.717, 1.165) is 29.6 Å². The van der Waals surface area contributed by atoms with Gasteiger partial charge in [-0.15, -0.1) is 24.0 Å². The first kappa shape index (κ1) is 23.9. The molecule has 1 aromatic carbocycles. The molecule has 1 aromatic heterocycles. The summed E-state index contributed by atoms with van der Waals surface area (Å²) in [7, 11) is 1.96. The molecule has 0 unspecified atom stereocenters. The summed E-state index contributed by atoms with van der Waals surface area (Å²) in [4.78, 5) is 26.1. The lowest BCUT2D eigenvalue weighted by Crippen LogP contribution is -2.39. The number of H-pyrrole nitrogens is 1. The van der Waals surface area contributed by atoms with Gasteiger partial charge < -0.3 is 20.5 Å². The maximum absolute atomic E-state index is 11.8. The maximum Gasteiger partial charge on any atom is 0.222 e. The first-order chi connectivity index (χ1) is 13.0. The third kappa shape index (κ3) is 7.87. The van der Waals surface area contributed by atoms with Gasteiger partial charge in [0, 0.05) is 26.1 Å². The Morgan fingerprint density at radius 2 is 2.00 bits per heavy atom. The number of nitrogens with one attached hydrogen (secondary N) is 3. The van der Waals surface area contributed by atoms with Crippen molar-refractivity contribution in [1.82, 2.24) is 25.5 Å². The summed E-state index contributed by atoms with van der Waals surface area (Å²) >= 11 is 0. The highest BCUT2D eigenvalue weighted by molar-refractivity contribution is 14.0. The number of aromatic amines is 1. The molecule has 2 rings (SSSR count). The van der Waals surface area contributed by atoms with E-state index >= 15 is 0 Å². The van der Waals surface area contributed by atoms with Gasteiger partial charge in [0.25, 0.3) is 0 Å². The predicted octanol–water partition coefficient (Wildman–Crippen LogP) is 3.01. The Labute approximate surface area is 184 Å². The molecule has 3 N–H and O–H groups in total. The molecule has 0 fully saturated rings. The zero-order valence-electron chi connectivity index (χ0n) is 17.0. The Balaban J connectivity index is 0.00000392. The lowest BCUT2D eigenvalue weighted by Gasteiger charge is -2.21. The highest BCUT2D eigenvalue weighted by atomic mass is 127. The maximum atomic E-state index is 11.8. The van der Waals surface area contributed by atoms with E-state index in [1.165, 1.54) is 0 Å². The van der Waals surface area contributed by atoms with Crippen molar-refractivity contribution in [1.29, 1.82) is 0 Å². The molecule has 0 aliphatic heterocycles. The molecule has 1 amide bonds. The van der Waals surface area contributed by atoms with Crippen molar-refractivity contribution in [3.8, 4) is 11.3 Å². The number of guanidine groups is 1. The molecule has 0 aliphatic rings. The van der Waals surface area contributed by atoms with Crippen molar-refractivity contribution in [2.75, 3.05) is 20.1 Å². The molecule has 0 spiro atoms. The quantitative estimate of drug-likeness (QED) is 0.297. The zero-order chi connectivity index (χ0) is 19.6. The summed E-state index contributed by atoms with van der Waals surface area (Å²) in [5.41, 5.74) is 2.10. The van der Waals surface area contributed by atoms with Crippen LogP contribution in [-0.4, -0.2) is 52.9 Å². The number of imidazole rings is 1. The fourth-order valence-corrected chi connectivity index (χ4v) is 2.63. The summed E-state index contributed by atoms with van der Waals surface area (Å²) in [6, 6.07) is 10.3. The first-order valence-corrected chi connectivity index (χ1v) is 9.37. The summed E-state index contributed by atoms with van der Waals surface area (Å²) in [5.74, 6) is 1.64. The lowest BCUT2D eigenvalue weighted by atomic mass is 10.2. The Kier molecular flexibility index (Phi) is 10.6. The number of aliphatic imine (C=N–C) groups is 1. The van der Waals surface area contributed by atoms with Crippen LogP contribution in [0.5, 0.6) is 0 Å². The number of hydrogen-bond donors (Lipinski definition) is 3. The average molecular weight is 498 g/mol. The van der Waals surface area contributed by atoms with Crippen LogP contribution in [0, 0.1) is 0 Å². The van der Waals surface area contributed by atoms with Crippen LogP contribution in [0.1, 0.15) is 33.0 Å². The molecule has 2 aromatic rings. The van der Waals surface area contributed by atoms with Crippen LogP contribution in [0.2, 0.25) is 0 Å². The number of hydrogen-bond acceptors (Lipinski definition) is 3. The van der Waals surface area contributed by atoms with Gasteiger partial charge in [0.2, 0.25) is 5.91 Å². The fraction of sp³-hybridized carbons (Fsp3) is 0.450. The summed E-state index contributed by atoms with van der Waals surface area (Å²) < 4.78 is 0. The number of carbonyl (C=O) groups is 1. The van der Waals surface area contributed by atoms with E-state index in [9.17, 15) is 4.79 Å². The second kappa shape index (κ2) is 12.4. The van der Waals surface area contributed by atoms with Crippen molar-refractivity contribution in [2.45, 2.75) is 39.8 Å². The normalized spacial score (nSPS) is 11.1. The molecular weight excluding hydrogens is 467 g/mol. The van der Waals surface area contributed by atoms with Crippen LogP contribution < -0.4 is 10.6 Å². The molecule has 0 saturated heterocycles. The monoisotopic (exact) mass is 498 g/mol. The molecule has 0 atom stereocenters. The van der Waals surface area contributed by atoms with Crippen molar-refractivity contribution < 1.29 is 4.79 Å². The van der Waals surface area contributed by atoms with Crippen molar-refractivity contribution in [3.63, 3.8) is 0 Å². The SMILES string of the molecule is CCNC(=NCCC(=O)NC(C)C)N(C)Cc1ncc(-c2ccccc2)[nH]1.I. The molecule has 0 saturated carbocycles. The summed E-state index contributed by atoms with van der Waals surface area (Å²) in [6.07, 6.45) is 2.22.